The summed E-state index contributed by atoms with van der Waals surface area (Å²) in [6.45, 7) is 1.66. The lowest BCUT2D eigenvalue weighted by Crippen LogP contribution is -2.13. The Kier molecular flexibility index (Phi) is 3.69. The highest BCUT2D eigenvalue weighted by atomic mass is 35.5. The van der Waals surface area contributed by atoms with Gasteiger partial charge in [-0.05, 0) is 6.42 Å². The van der Waals surface area contributed by atoms with E-state index in [0.29, 0.717) is 0 Å². The molecular weight excluding hydrogens is 252 g/mol. The van der Waals surface area contributed by atoms with Crippen LogP contribution in [0.2, 0.25) is 5.02 Å². The van der Waals surface area contributed by atoms with Crippen molar-refractivity contribution in [2.75, 3.05) is 11.1 Å². The summed E-state index contributed by atoms with van der Waals surface area (Å²) < 4.78 is 0. The van der Waals surface area contributed by atoms with Crippen LogP contribution in [0.1, 0.15) is 12.5 Å². The summed E-state index contributed by atoms with van der Waals surface area (Å²) in [5.41, 5.74) is 5.07. The molecule has 0 saturated heterocycles. The van der Waals surface area contributed by atoms with Gasteiger partial charge in [-0.15, -0.1) is 0 Å². The molecule has 1 aromatic heterocycles. The van der Waals surface area contributed by atoms with Crippen molar-refractivity contribution in [3.8, 4) is 0 Å². The third kappa shape index (κ3) is 2.53. The fraction of sp³-hybridized carbons (Fsp3) is 0.250. The van der Waals surface area contributed by atoms with Crippen LogP contribution in [0.25, 0.3) is 0 Å². The van der Waals surface area contributed by atoms with E-state index in [-0.39, 0.29) is 22.8 Å². The predicted molar refractivity (Wildman–Crippen MR) is 61.3 cm³/mol. The van der Waals surface area contributed by atoms with Crippen molar-refractivity contribution >= 4 is 35.0 Å². The number of hydrogen-bond donors (Lipinski definition) is 3. The van der Waals surface area contributed by atoms with Crippen LogP contribution in [0.3, 0.4) is 0 Å². The zero-order valence-electron chi connectivity index (χ0n) is 8.73. The van der Waals surface area contributed by atoms with Crippen molar-refractivity contribution in [3.63, 3.8) is 0 Å². The summed E-state index contributed by atoms with van der Waals surface area (Å²) in [7, 11) is 0. The van der Waals surface area contributed by atoms with Gasteiger partial charge in [0.05, 0.1) is 4.92 Å². The van der Waals surface area contributed by atoms with Crippen LogP contribution < -0.4 is 11.1 Å². The Morgan fingerprint density at radius 2 is 2.29 bits per heavy atom. The number of carbonyl (C=O) groups is 1. The number of amides is 1. The van der Waals surface area contributed by atoms with Gasteiger partial charge in [0.2, 0.25) is 5.82 Å². The summed E-state index contributed by atoms with van der Waals surface area (Å²) in [5.74, 6) is -0.519. The molecule has 0 unspecified atom stereocenters. The molecule has 0 aromatic carbocycles. The molecule has 0 saturated carbocycles. The average Bonchev–Trinajstić information content (AvgIpc) is 2.15. The van der Waals surface area contributed by atoms with Crippen molar-refractivity contribution in [1.29, 1.82) is 0 Å². The first-order chi connectivity index (χ1) is 7.88. The van der Waals surface area contributed by atoms with Crippen molar-refractivity contribution in [1.82, 2.24) is 4.98 Å². The maximum Gasteiger partial charge on any atom is 0.410 e. The standard InChI is InChI=1S/C8H9ClN4O4/c1-2-3-4(9)5(13(16)17)6(10)11-7(3)12-8(14)15/h2H2,1H3,(H,14,15)(H3,10,11,12). The molecule has 0 aliphatic carbocycles. The molecule has 0 spiro atoms. The summed E-state index contributed by atoms with van der Waals surface area (Å²) in [4.78, 5) is 24.1. The Morgan fingerprint density at radius 3 is 2.71 bits per heavy atom. The van der Waals surface area contributed by atoms with Crippen LogP contribution in [0.15, 0.2) is 0 Å². The molecule has 0 radical (unpaired) electrons. The SMILES string of the molecule is CCc1c(NC(=O)O)nc(N)c([N+](=O)[O-])c1Cl. The first-order valence-electron chi connectivity index (χ1n) is 4.50. The second-order valence-corrected chi connectivity index (χ2v) is 3.41. The molecule has 0 aliphatic heterocycles. The smallest absolute Gasteiger partial charge is 0.410 e. The van der Waals surface area contributed by atoms with Gasteiger partial charge in [-0.1, -0.05) is 18.5 Å². The Balaban J connectivity index is 3.46. The summed E-state index contributed by atoms with van der Waals surface area (Å²) in [5, 5.41) is 21.1. The highest BCUT2D eigenvalue weighted by Gasteiger charge is 2.25. The number of hydrogen-bond acceptors (Lipinski definition) is 5. The summed E-state index contributed by atoms with van der Waals surface area (Å²) in [6.07, 6.45) is -1.07. The van der Waals surface area contributed by atoms with E-state index in [4.69, 9.17) is 22.4 Å². The van der Waals surface area contributed by atoms with E-state index in [0.717, 1.165) is 0 Å². The van der Waals surface area contributed by atoms with E-state index in [1.54, 1.807) is 6.92 Å². The highest BCUT2D eigenvalue weighted by Crippen LogP contribution is 2.36. The molecule has 92 valence electrons. The topological polar surface area (TPSA) is 131 Å². The number of nitro groups is 1. The molecule has 0 fully saturated rings. The number of rotatable bonds is 3. The molecule has 1 aromatic rings. The predicted octanol–water partition coefficient (Wildman–Crippen LogP) is 1.88. The monoisotopic (exact) mass is 260 g/mol. The number of aromatic nitrogens is 1. The number of pyridine rings is 1. The first kappa shape index (κ1) is 13.0. The number of carboxylic acid groups (broad SMARTS) is 1. The second kappa shape index (κ2) is 4.83. The van der Waals surface area contributed by atoms with Gasteiger partial charge in [0.1, 0.15) is 10.8 Å². The number of anilines is 2. The molecule has 0 aliphatic rings. The molecule has 1 heterocycles. The number of nitrogen functional groups attached to an aromatic ring is 1. The van der Waals surface area contributed by atoms with Crippen LogP contribution >= 0.6 is 11.6 Å². The maximum absolute atomic E-state index is 10.7. The van der Waals surface area contributed by atoms with E-state index in [1.807, 2.05) is 5.32 Å². The number of nitrogens with one attached hydrogen (secondary N) is 1. The van der Waals surface area contributed by atoms with E-state index in [9.17, 15) is 14.9 Å². The van der Waals surface area contributed by atoms with Gasteiger partial charge in [-0.2, -0.15) is 0 Å². The molecule has 1 amide bonds. The van der Waals surface area contributed by atoms with E-state index >= 15 is 0 Å². The van der Waals surface area contributed by atoms with E-state index < -0.39 is 22.5 Å². The van der Waals surface area contributed by atoms with Gasteiger partial charge in [0, 0.05) is 5.56 Å². The molecule has 17 heavy (non-hydrogen) atoms. The van der Waals surface area contributed by atoms with Gasteiger partial charge in [-0.3, -0.25) is 15.4 Å². The fourth-order valence-corrected chi connectivity index (χ4v) is 1.69. The summed E-state index contributed by atoms with van der Waals surface area (Å²) in [6, 6.07) is 0. The van der Waals surface area contributed by atoms with Gasteiger partial charge < -0.3 is 10.8 Å². The van der Waals surface area contributed by atoms with Crippen LogP contribution in [0, 0.1) is 10.1 Å². The molecule has 4 N–H and O–H groups in total. The number of nitrogens with zero attached hydrogens (tertiary/aromatic N) is 2. The van der Waals surface area contributed by atoms with Crippen LogP contribution in [0.5, 0.6) is 0 Å². The molecule has 8 nitrogen and oxygen atoms in total. The van der Waals surface area contributed by atoms with Crippen molar-refractivity contribution in [3.05, 3.63) is 20.7 Å². The second-order valence-electron chi connectivity index (χ2n) is 3.03. The van der Waals surface area contributed by atoms with Crippen LogP contribution in [-0.4, -0.2) is 21.1 Å². The molecule has 9 heteroatoms. The Morgan fingerprint density at radius 1 is 1.71 bits per heavy atom. The average molecular weight is 261 g/mol. The minimum absolute atomic E-state index is 0.0897. The molecule has 0 bridgehead atoms. The van der Waals surface area contributed by atoms with Crippen molar-refractivity contribution in [2.45, 2.75) is 13.3 Å². The zero-order valence-corrected chi connectivity index (χ0v) is 9.48. The summed E-state index contributed by atoms with van der Waals surface area (Å²) >= 11 is 5.80. The highest BCUT2D eigenvalue weighted by molar-refractivity contribution is 6.34. The third-order valence-electron chi connectivity index (χ3n) is 2.00. The van der Waals surface area contributed by atoms with Gasteiger partial charge in [0.15, 0.2) is 0 Å². The Hall–Kier alpha value is -2.09. The lowest BCUT2D eigenvalue weighted by Gasteiger charge is -2.10. The Labute approximate surface area is 101 Å². The molecule has 1 rings (SSSR count). The Bertz CT molecular complexity index is 491. The number of halogens is 1. The quantitative estimate of drug-likeness (QED) is 0.561. The lowest BCUT2D eigenvalue weighted by molar-refractivity contribution is -0.384. The van der Waals surface area contributed by atoms with Crippen LogP contribution in [-0.2, 0) is 6.42 Å². The van der Waals surface area contributed by atoms with Crippen molar-refractivity contribution < 1.29 is 14.8 Å². The first-order valence-corrected chi connectivity index (χ1v) is 4.88. The van der Waals surface area contributed by atoms with Crippen molar-refractivity contribution in [2.24, 2.45) is 0 Å². The zero-order chi connectivity index (χ0) is 13.2. The van der Waals surface area contributed by atoms with Crippen LogP contribution in [0.4, 0.5) is 22.1 Å². The van der Waals surface area contributed by atoms with Gasteiger partial charge in [-0.25, -0.2) is 9.78 Å². The fourth-order valence-electron chi connectivity index (χ4n) is 1.30. The largest absolute Gasteiger partial charge is 0.465 e. The molecule has 0 atom stereocenters. The molecular formula is C8H9ClN4O4. The number of nitrogens with two attached hydrogens (primary N) is 1. The minimum atomic E-state index is -1.35. The normalized spacial score (nSPS) is 10.0. The maximum atomic E-state index is 10.7. The van der Waals surface area contributed by atoms with Gasteiger partial charge in [0.25, 0.3) is 0 Å². The lowest BCUT2D eigenvalue weighted by atomic mass is 10.2. The minimum Gasteiger partial charge on any atom is -0.465 e. The van der Waals surface area contributed by atoms with E-state index in [2.05, 4.69) is 4.98 Å². The van der Waals surface area contributed by atoms with E-state index in [1.165, 1.54) is 0 Å². The van der Waals surface area contributed by atoms with Gasteiger partial charge >= 0.3 is 11.8 Å². The third-order valence-corrected chi connectivity index (χ3v) is 2.40.